The van der Waals surface area contributed by atoms with E-state index in [0.717, 1.165) is 18.4 Å². The first-order valence-electron chi connectivity index (χ1n) is 13.6. The van der Waals surface area contributed by atoms with E-state index in [2.05, 4.69) is 10.4 Å². The van der Waals surface area contributed by atoms with Gasteiger partial charge in [-0.3, -0.25) is 23.9 Å². The number of nitrogens with one attached hydrogen (secondary N) is 1. The maximum Gasteiger partial charge on any atom is 0.245 e. The molecule has 3 amide bonds. The average Bonchev–Trinajstić information content (AvgIpc) is 3.74. The first-order valence-corrected chi connectivity index (χ1v) is 13.9. The monoisotopic (exact) mass is 583 g/mol. The van der Waals surface area contributed by atoms with Gasteiger partial charge in [0.25, 0.3) is 0 Å². The van der Waals surface area contributed by atoms with Crippen LogP contribution < -0.4 is 5.32 Å². The molecule has 1 N–H and O–H groups in total. The van der Waals surface area contributed by atoms with Crippen LogP contribution in [-0.4, -0.2) is 82.0 Å². The molecule has 1 aliphatic carbocycles. The van der Waals surface area contributed by atoms with Crippen molar-refractivity contribution in [2.24, 2.45) is 0 Å². The molecule has 5 rings (SSSR count). The van der Waals surface area contributed by atoms with Gasteiger partial charge in [0.1, 0.15) is 18.1 Å². The summed E-state index contributed by atoms with van der Waals surface area (Å²) in [5.74, 6) is -1.61. The van der Waals surface area contributed by atoms with Crippen molar-refractivity contribution in [1.82, 2.24) is 24.9 Å². The number of benzene rings is 2. The lowest BCUT2D eigenvalue weighted by atomic mass is 10.1. The summed E-state index contributed by atoms with van der Waals surface area (Å²) in [4.78, 5) is 54.5. The number of fused-ring (bicyclic) bond motifs is 1. The molecule has 216 valence electrons. The number of rotatable bonds is 10. The fraction of sp³-hybridized carbons (Fsp3) is 0.414. The zero-order valence-electron chi connectivity index (χ0n) is 22.7. The van der Waals surface area contributed by atoms with Crippen molar-refractivity contribution in [1.29, 1.82) is 0 Å². The predicted octanol–water partition coefficient (Wildman–Crippen LogP) is 2.74. The molecule has 0 bridgehead atoms. The van der Waals surface area contributed by atoms with Gasteiger partial charge in [-0.1, -0.05) is 29.8 Å². The van der Waals surface area contributed by atoms with Crippen LogP contribution in [0, 0.1) is 5.82 Å². The third-order valence-corrected chi connectivity index (χ3v) is 7.57. The Labute approximate surface area is 241 Å². The fourth-order valence-electron chi connectivity index (χ4n) is 4.93. The molecule has 12 heteroatoms. The Bertz CT molecular complexity index is 1500. The molecule has 0 spiro atoms. The molecule has 41 heavy (non-hydrogen) atoms. The van der Waals surface area contributed by atoms with Gasteiger partial charge in [-0.05, 0) is 36.6 Å². The number of ether oxygens (including phenoxy) is 1. The molecule has 1 aromatic heterocycles. The standard InChI is InChI=1S/C29H31ClFN5O5/c1-18(37)29-22-13-19(14-26(39)34-9-11-41-12-10-34)5-8-24(22)36(33-29)17-27(40)35(21-6-7-21)16-25(38)32-15-20-3-2-4-23(30)28(20)31/h2-5,8,13,21H,6-7,9-12,14-17H2,1H3,(H,32,38). The van der Waals surface area contributed by atoms with Gasteiger partial charge >= 0.3 is 0 Å². The summed E-state index contributed by atoms with van der Waals surface area (Å²) < 4.78 is 21.0. The molecule has 2 heterocycles. The van der Waals surface area contributed by atoms with Gasteiger partial charge in [0.2, 0.25) is 17.7 Å². The molecule has 10 nitrogen and oxygen atoms in total. The lowest BCUT2D eigenvalue weighted by Crippen LogP contribution is -2.43. The van der Waals surface area contributed by atoms with Gasteiger partial charge in [-0.25, -0.2) is 4.39 Å². The van der Waals surface area contributed by atoms with E-state index in [1.807, 2.05) is 0 Å². The van der Waals surface area contributed by atoms with Crippen molar-refractivity contribution in [3.05, 3.63) is 64.1 Å². The van der Waals surface area contributed by atoms with Gasteiger partial charge < -0.3 is 19.9 Å². The topological polar surface area (TPSA) is 114 Å². The number of ketones is 1. The minimum atomic E-state index is -0.593. The first-order chi connectivity index (χ1) is 19.7. The van der Waals surface area contributed by atoms with E-state index < -0.39 is 11.7 Å². The molecular formula is C29H31ClFN5O5. The Morgan fingerprint density at radius 1 is 1.15 bits per heavy atom. The van der Waals surface area contributed by atoms with Crippen LogP contribution in [0.3, 0.4) is 0 Å². The van der Waals surface area contributed by atoms with Crippen molar-refractivity contribution < 1.29 is 28.3 Å². The summed E-state index contributed by atoms with van der Waals surface area (Å²) in [6.45, 7) is 3.13. The molecular weight excluding hydrogens is 553 g/mol. The summed E-state index contributed by atoms with van der Waals surface area (Å²) >= 11 is 5.82. The van der Waals surface area contributed by atoms with E-state index in [1.165, 1.54) is 28.6 Å². The van der Waals surface area contributed by atoms with Crippen LogP contribution in [-0.2, 0) is 38.6 Å². The van der Waals surface area contributed by atoms with Crippen molar-refractivity contribution >= 4 is 46.0 Å². The van der Waals surface area contributed by atoms with Gasteiger partial charge in [-0.15, -0.1) is 0 Å². The predicted molar refractivity (Wildman–Crippen MR) is 149 cm³/mol. The van der Waals surface area contributed by atoms with Crippen molar-refractivity contribution in [3.8, 4) is 0 Å². The molecule has 1 saturated carbocycles. The van der Waals surface area contributed by atoms with E-state index in [1.54, 1.807) is 29.2 Å². The molecule has 2 aromatic carbocycles. The number of aromatic nitrogens is 2. The molecule has 0 atom stereocenters. The lowest BCUT2D eigenvalue weighted by molar-refractivity contribution is -0.137. The highest BCUT2D eigenvalue weighted by atomic mass is 35.5. The van der Waals surface area contributed by atoms with E-state index in [-0.39, 0.29) is 66.0 Å². The number of nitrogens with zero attached hydrogens (tertiary/aromatic N) is 4. The summed E-state index contributed by atoms with van der Waals surface area (Å²) in [5, 5.41) is 7.62. The second-order valence-corrected chi connectivity index (χ2v) is 10.7. The summed E-state index contributed by atoms with van der Waals surface area (Å²) in [7, 11) is 0. The van der Waals surface area contributed by atoms with E-state index >= 15 is 0 Å². The maximum atomic E-state index is 14.2. The van der Waals surface area contributed by atoms with Crippen LogP contribution in [0.5, 0.6) is 0 Å². The second kappa shape index (κ2) is 12.4. The van der Waals surface area contributed by atoms with Crippen LogP contribution in [0.4, 0.5) is 4.39 Å². The highest BCUT2D eigenvalue weighted by Gasteiger charge is 2.34. The van der Waals surface area contributed by atoms with Crippen molar-refractivity contribution in [3.63, 3.8) is 0 Å². The molecule has 0 radical (unpaired) electrons. The zero-order chi connectivity index (χ0) is 29.1. The number of halogens is 2. The number of morpholine rings is 1. The number of Topliss-reactive ketones (excluding diaryl/α,β-unsaturated/α-hetero) is 1. The van der Waals surface area contributed by atoms with Crippen LogP contribution in [0.25, 0.3) is 10.9 Å². The van der Waals surface area contributed by atoms with Crippen LogP contribution >= 0.6 is 11.6 Å². The van der Waals surface area contributed by atoms with Gasteiger partial charge in [-0.2, -0.15) is 5.10 Å². The third kappa shape index (κ3) is 6.74. The third-order valence-electron chi connectivity index (χ3n) is 7.28. The number of hydrogen-bond acceptors (Lipinski definition) is 6. The number of carbonyl (C=O) groups excluding carboxylic acids is 4. The highest BCUT2D eigenvalue weighted by Crippen LogP contribution is 2.28. The maximum absolute atomic E-state index is 14.2. The minimum absolute atomic E-state index is 0.0175. The van der Waals surface area contributed by atoms with Crippen molar-refractivity contribution in [2.75, 3.05) is 32.8 Å². The van der Waals surface area contributed by atoms with E-state index in [4.69, 9.17) is 16.3 Å². The smallest absolute Gasteiger partial charge is 0.245 e. The quantitative estimate of drug-likeness (QED) is 0.367. The zero-order valence-corrected chi connectivity index (χ0v) is 23.5. The molecule has 0 unspecified atom stereocenters. The van der Waals surface area contributed by atoms with Crippen molar-refractivity contribution in [2.45, 2.75) is 45.3 Å². The molecule has 1 aliphatic heterocycles. The number of amides is 3. The Balaban J connectivity index is 1.28. The second-order valence-electron chi connectivity index (χ2n) is 10.3. The van der Waals surface area contributed by atoms with Crippen LogP contribution in [0.1, 0.15) is 41.4 Å². The van der Waals surface area contributed by atoms with Gasteiger partial charge in [0.15, 0.2) is 5.78 Å². The summed E-state index contributed by atoms with van der Waals surface area (Å²) in [5.41, 5.74) is 1.80. The number of carbonyl (C=O) groups is 4. The molecule has 2 aliphatic rings. The summed E-state index contributed by atoms with van der Waals surface area (Å²) in [6, 6.07) is 9.83. The average molecular weight is 584 g/mol. The van der Waals surface area contributed by atoms with Crippen LogP contribution in [0.15, 0.2) is 36.4 Å². The highest BCUT2D eigenvalue weighted by molar-refractivity contribution is 6.30. The van der Waals surface area contributed by atoms with Gasteiger partial charge in [0, 0.05) is 43.5 Å². The largest absolute Gasteiger partial charge is 0.378 e. The minimum Gasteiger partial charge on any atom is -0.378 e. The van der Waals surface area contributed by atoms with Gasteiger partial charge in [0.05, 0.1) is 36.7 Å². The Morgan fingerprint density at radius 3 is 2.61 bits per heavy atom. The van der Waals surface area contributed by atoms with Crippen LogP contribution in [0.2, 0.25) is 5.02 Å². The number of hydrogen-bond donors (Lipinski definition) is 1. The normalized spacial score (nSPS) is 15.1. The summed E-state index contributed by atoms with van der Waals surface area (Å²) in [6.07, 6.45) is 1.74. The molecule has 1 saturated heterocycles. The Kier molecular flexibility index (Phi) is 8.65. The lowest BCUT2D eigenvalue weighted by Gasteiger charge is -2.26. The van der Waals surface area contributed by atoms with E-state index in [0.29, 0.717) is 37.2 Å². The van der Waals surface area contributed by atoms with E-state index in [9.17, 15) is 23.6 Å². The molecule has 3 aromatic rings. The molecule has 2 fully saturated rings. The SMILES string of the molecule is CC(=O)c1nn(CC(=O)N(CC(=O)NCc2cccc(Cl)c2F)C2CC2)c2ccc(CC(=O)N3CCOCC3)cc12. The first kappa shape index (κ1) is 28.7. The Morgan fingerprint density at radius 2 is 1.90 bits per heavy atom. The Hall–Kier alpha value is -3.83. The fourth-order valence-corrected chi connectivity index (χ4v) is 5.13.